The van der Waals surface area contributed by atoms with Crippen molar-refractivity contribution in [1.29, 1.82) is 0 Å². The summed E-state index contributed by atoms with van der Waals surface area (Å²) in [5.41, 5.74) is 9.38. The molecule has 0 atom stereocenters. The summed E-state index contributed by atoms with van der Waals surface area (Å²) in [6.07, 6.45) is 1.81. The van der Waals surface area contributed by atoms with Gasteiger partial charge in [0, 0.05) is 40.9 Å². The smallest absolute Gasteiger partial charge is 0.149 e. The van der Waals surface area contributed by atoms with Crippen molar-refractivity contribution in [2.45, 2.75) is 52.4 Å². The van der Waals surface area contributed by atoms with Gasteiger partial charge in [-0.3, -0.25) is 4.57 Å². The van der Waals surface area contributed by atoms with Crippen LogP contribution in [0.3, 0.4) is 0 Å². The molecule has 0 spiro atoms. The van der Waals surface area contributed by atoms with Crippen LogP contribution in [0, 0.1) is 11.6 Å². The minimum Gasteiger partial charge on any atom is -0.457 e. The van der Waals surface area contributed by atoms with E-state index in [1.807, 2.05) is 71.8 Å². The number of hydrogen-bond donors (Lipinski definition) is 0. The van der Waals surface area contributed by atoms with E-state index in [4.69, 9.17) is 9.72 Å². The molecule has 2 aromatic heterocycles. The minimum atomic E-state index is -0.614. The molecule has 5 nitrogen and oxygen atoms in total. The lowest BCUT2D eigenvalue weighted by Crippen LogP contribution is -2.24. The average Bonchev–Trinajstić information content (AvgIpc) is 3.73. The molecular formula is C50H44F2N4O. The van der Waals surface area contributed by atoms with Crippen molar-refractivity contribution < 1.29 is 13.5 Å². The van der Waals surface area contributed by atoms with Gasteiger partial charge in [-0.15, -0.1) is 0 Å². The highest BCUT2D eigenvalue weighted by Gasteiger charge is 2.30. The highest BCUT2D eigenvalue weighted by Crippen LogP contribution is 2.47. The van der Waals surface area contributed by atoms with Crippen LogP contribution in [0.15, 0.2) is 146 Å². The number of fused-ring (bicyclic) bond motifs is 4. The van der Waals surface area contributed by atoms with Gasteiger partial charge >= 0.3 is 0 Å². The summed E-state index contributed by atoms with van der Waals surface area (Å²) in [6, 6.07) is 45.4. The van der Waals surface area contributed by atoms with Crippen molar-refractivity contribution in [3.05, 3.63) is 168 Å². The number of anilines is 4. The van der Waals surface area contributed by atoms with Crippen LogP contribution in [0.25, 0.3) is 38.8 Å². The zero-order chi connectivity index (χ0) is 39.6. The number of halogens is 2. The molecule has 0 saturated carbocycles. The summed E-state index contributed by atoms with van der Waals surface area (Å²) in [5, 5.41) is 2.24. The van der Waals surface area contributed by atoms with E-state index in [9.17, 15) is 4.39 Å². The molecule has 7 heteroatoms. The third kappa shape index (κ3) is 6.67. The van der Waals surface area contributed by atoms with E-state index in [1.54, 1.807) is 0 Å². The number of aromatic nitrogens is 2. The van der Waals surface area contributed by atoms with Gasteiger partial charge in [0.05, 0.1) is 28.1 Å². The van der Waals surface area contributed by atoms with Gasteiger partial charge in [-0.05, 0) is 99.8 Å². The maximum Gasteiger partial charge on any atom is 0.149 e. The third-order valence-corrected chi connectivity index (χ3v) is 10.9. The first-order valence-electron chi connectivity index (χ1n) is 19.3. The lowest BCUT2D eigenvalue weighted by Gasteiger charge is -2.27. The molecule has 1 aliphatic heterocycles. The normalized spacial score (nSPS) is 13.1. The van der Waals surface area contributed by atoms with Gasteiger partial charge in [0.2, 0.25) is 0 Å². The lowest BCUT2D eigenvalue weighted by molar-refractivity contribution is 0.483. The van der Waals surface area contributed by atoms with Crippen molar-refractivity contribution >= 4 is 44.6 Å². The van der Waals surface area contributed by atoms with Crippen molar-refractivity contribution in [1.82, 2.24) is 9.55 Å². The Kier molecular flexibility index (Phi) is 8.65. The summed E-state index contributed by atoms with van der Waals surface area (Å²) in [7, 11) is 0. The van der Waals surface area contributed by atoms with Crippen molar-refractivity contribution in [3.8, 4) is 28.4 Å². The first-order chi connectivity index (χ1) is 27.3. The van der Waals surface area contributed by atoms with Gasteiger partial charge < -0.3 is 14.5 Å². The van der Waals surface area contributed by atoms with E-state index in [0.29, 0.717) is 23.9 Å². The number of ether oxygens (including phenoxy) is 1. The maximum atomic E-state index is 15.4. The Balaban J connectivity index is 1.21. The zero-order valence-electron chi connectivity index (χ0n) is 33.0. The molecule has 0 aliphatic carbocycles. The Bertz CT molecular complexity index is 2780. The van der Waals surface area contributed by atoms with Crippen molar-refractivity contribution in [2.24, 2.45) is 0 Å². The predicted octanol–water partition coefficient (Wildman–Crippen LogP) is 13.8. The SMILES string of the molecule is CC(C)(C)c1cc(-c2cc(Oc3ccc4c5ccccc5n(-c5ccccn5)c4c3)cc(N3CN(c4ccc(F)cc4F)c4ccccc43)c2)cc(C(C)(C)C)c1. The Hall–Kier alpha value is -6.47. The molecule has 8 aromatic rings. The van der Waals surface area contributed by atoms with E-state index >= 15 is 4.39 Å². The summed E-state index contributed by atoms with van der Waals surface area (Å²) in [6.45, 7) is 13.8. The average molecular weight is 755 g/mol. The molecule has 0 radical (unpaired) electrons. The number of nitrogens with zero attached hydrogens (tertiary/aromatic N) is 4. The molecule has 57 heavy (non-hydrogen) atoms. The van der Waals surface area contributed by atoms with E-state index in [1.165, 1.54) is 23.3 Å². The molecule has 1 aliphatic rings. The topological polar surface area (TPSA) is 33.5 Å². The largest absolute Gasteiger partial charge is 0.457 e. The van der Waals surface area contributed by atoms with Crippen molar-refractivity contribution in [3.63, 3.8) is 0 Å². The molecule has 0 bridgehead atoms. The number of hydrogen-bond acceptors (Lipinski definition) is 4. The summed E-state index contributed by atoms with van der Waals surface area (Å²) >= 11 is 0. The predicted molar refractivity (Wildman–Crippen MR) is 230 cm³/mol. The van der Waals surface area contributed by atoms with Crippen LogP contribution in [0.4, 0.5) is 31.5 Å². The monoisotopic (exact) mass is 754 g/mol. The molecule has 0 fully saturated rings. The highest BCUT2D eigenvalue weighted by molar-refractivity contribution is 6.09. The second kappa shape index (κ2) is 13.6. The maximum absolute atomic E-state index is 15.4. The van der Waals surface area contributed by atoms with E-state index in [0.717, 1.165) is 61.9 Å². The van der Waals surface area contributed by atoms with Gasteiger partial charge in [-0.2, -0.15) is 0 Å². The highest BCUT2D eigenvalue weighted by atomic mass is 19.1. The Morgan fingerprint density at radius 1 is 0.544 bits per heavy atom. The van der Waals surface area contributed by atoms with Crippen LogP contribution in [0.2, 0.25) is 0 Å². The van der Waals surface area contributed by atoms with E-state index in [2.05, 4.69) is 112 Å². The molecule has 0 amide bonds. The molecule has 6 aromatic carbocycles. The standard InChI is InChI=1S/C50H44F2N4O/c1-49(2,3)34-23-32(24-35(27-34)50(4,5)6)33-25-37(54-31-55(46-16-10-9-15-45(46)54)44-21-18-36(51)28-42(44)52)29-39(26-33)57-38-19-20-41-40-13-7-8-14-43(40)56(47(41)30-38)48-17-11-12-22-53-48/h7-30H,31H2,1-6H3. The van der Waals surface area contributed by atoms with Crippen LogP contribution < -0.4 is 14.5 Å². The number of para-hydroxylation sites is 3. The Labute approximate surface area is 332 Å². The third-order valence-electron chi connectivity index (χ3n) is 10.9. The molecule has 0 saturated heterocycles. The molecule has 0 unspecified atom stereocenters. The number of benzene rings is 6. The second-order valence-corrected chi connectivity index (χ2v) is 16.9. The summed E-state index contributed by atoms with van der Waals surface area (Å²) in [4.78, 5) is 8.76. The van der Waals surface area contributed by atoms with Gasteiger partial charge in [-0.25, -0.2) is 13.8 Å². The van der Waals surface area contributed by atoms with Crippen LogP contribution in [0.1, 0.15) is 52.7 Å². The molecule has 0 N–H and O–H groups in total. The van der Waals surface area contributed by atoms with Gasteiger partial charge in [0.1, 0.15) is 35.6 Å². The summed E-state index contributed by atoms with van der Waals surface area (Å²) < 4.78 is 38.5. The molecule has 284 valence electrons. The first kappa shape index (κ1) is 36.2. The lowest BCUT2D eigenvalue weighted by atomic mass is 9.79. The first-order valence-corrected chi connectivity index (χ1v) is 19.3. The molecule has 9 rings (SSSR count). The number of pyridine rings is 1. The van der Waals surface area contributed by atoms with Gasteiger partial charge in [0.15, 0.2) is 0 Å². The molecule has 3 heterocycles. The van der Waals surface area contributed by atoms with Gasteiger partial charge in [0.25, 0.3) is 0 Å². The van der Waals surface area contributed by atoms with Crippen LogP contribution in [-0.4, -0.2) is 16.2 Å². The van der Waals surface area contributed by atoms with E-state index in [-0.39, 0.29) is 10.8 Å². The van der Waals surface area contributed by atoms with E-state index < -0.39 is 11.6 Å². The second-order valence-electron chi connectivity index (χ2n) is 16.9. The number of rotatable bonds is 6. The van der Waals surface area contributed by atoms with Crippen LogP contribution >= 0.6 is 0 Å². The van der Waals surface area contributed by atoms with Crippen molar-refractivity contribution in [2.75, 3.05) is 16.5 Å². The fourth-order valence-corrected chi connectivity index (χ4v) is 7.85. The van der Waals surface area contributed by atoms with Crippen LogP contribution in [-0.2, 0) is 10.8 Å². The minimum absolute atomic E-state index is 0.0813. The fraction of sp³-hybridized carbons (Fsp3) is 0.180. The quantitative estimate of drug-likeness (QED) is 0.169. The molecular weight excluding hydrogens is 711 g/mol. The Morgan fingerprint density at radius 2 is 1.21 bits per heavy atom. The Morgan fingerprint density at radius 3 is 1.91 bits per heavy atom. The van der Waals surface area contributed by atoms with Crippen LogP contribution in [0.5, 0.6) is 11.5 Å². The zero-order valence-corrected chi connectivity index (χ0v) is 33.0. The fourth-order valence-electron chi connectivity index (χ4n) is 7.85. The van der Waals surface area contributed by atoms with Gasteiger partial charge in [-0.1, -0.05) is 96.1 Å². The summed E-state index contributed by atoms with van der Waals surface area (Å²) in [5.74, 6) is 0.941.